The van der Waals surface area contributed by atoms with Gasteiger partial charge in [0.1, 0.15) is 17.0 Å². The summed E-state index contributed by atoms with van der Waals surface area (Å²) in [7, 11) is 0. The van der Waals surface area contributed by atoms with Crippen LogP contribution in [0.15, 0.2) is 58.6 Å². The van der Waals surface area contributed by atoms with Crippen LogP contribution in [0.4, 0.5) is 9.52 Å². The van der Waals surface area contributed by atoms with Crippen LogP contribution in [0.1, 0.15) is 21.9 Å². The topological polar surface area (TPSA) is 127 Å². The number of rotatable bonds is 5. The van der Waals surface area contributed by atoms with Crippen LogP contribution < -0.4 is 5.32 Å². The molecule has 0 unspecified atom stereocenters. The summed E-state index contributed by atoms with van der Waals surface area (Å²) in [5.41, 5.74) is 0.885. The van der Waals surface area contributed by atoms with E-state index in [1.165, 1.54) is 29.7 Å². The highest BCUT2D eigenvalue weighted by atomic mass is 32.1. The van der Waals surface area contributed by atoms with Crippen molar-refractivity contribution in [2.45, 2.75) is 6.42 Å². The molecule has 0 fully saturated rings. The van der Waals surface area contributed by atoms with Gasteiger partial charge < -0.3 is 9.52 Å². The number of benzene rings is 1. The number of anilines is 1. The van der Waals surface area contributed by atoms with Crippen molar-refractivity contribution in [2.24, 2.45) is 0 Å². The summed E-state index contributed by atoms with van der Waals surface area (Å²) >= 11 is 1.26. The van der Waals surface area contributed by atoms with E-state index in [9.17, 15) is 14.3 Å². The van der Waals surface area contributed by atoms with Gasteiger partial charge >= 0.3 is 0 Å². The molecule has 158 valence electrons. The number of amides is 1. The standard InChI is InChI=1S/C21H13FN6O3S/c22-12-5-3-11(4-6-12)10-14-27-28-20(31-14)17-18(29)15-13(2-1-7-23-15)16(25-17)19(30)26-21-24-8-9-32-21/h1-9,29H,10H2,(H,24,26,30). The number of nitrogens with one attached hydrogen (secondary N) is 1. The third-order valence-electron chi connectivity index (χ3n) is 4.54. The summed E-state index contributed by atoms with van der Waals surface area (Å²) < 4.78 is 18.8. The fourth-order valence-corrected chi connectivity index (χ4v) is 3.61. The molecule has 9 nitrogen and oxygen atoms in total. The zero-order valence-corrected chi connectivity index (χ0v) is 17.0. The maximum absolute atomic E-state index is 13.1. The van der Waals surface area contributed by atoms with E-state index in [0.717, 1.165) is 5.56 Å². The summed E-state index contributed by atoms with van der Waals surface area (Å²) in [5, 5.41) is 23.9. The monoisotopic (exact) mass is 448 g/mol. The Morgan fingerprint density at radius 2 is 1.97 bits per heavy atom. The second-order valence-corrected chi connectivity index (χ2v) is 7.55. The normalized spacial score (nSPS) is 11.0. The minimum absolute atomic E-state index is 0.0226. The van der Waals surface area contributed by atoms with Gasteiger partial charge in [-0.3, -0.25) is 15.1 Å². The summed E-state index contributed by atoms with van der Waals surface area (Å²) in [5.74, 6) is -0.992. The lowest BCUT2D eigenvalue weighted by molar-refractivity contribution is 0.102. The molecule has 11 heteroatoms. The Morgan fingerprint density at radius 3 is 2.75 bits per heavy atom. The van der Waals surface area contributed by atoms with Gasteiger partial charge in [-0.15, -0.1) is 21.5 Å². The smallest absolute Gasteiger partial charge is 0.276 e. The Hall–Kier alpha value is -4.25. The quantitative estimate of drug-likeness (QED) is 0.415. The number of nitrogens with zero attached hydrogens (tertiary/aromatic N) is 5. The van der Waals surface area contributed by atoms with Gasteiger partial charge in [0.15, 0.2) is 16.6 Å². The zero-order valence-electron chi connectivity index (χ0n) is 16.2. The number of hydrogen-bond acceptors (Lipinski definition) is 9. The molecule has 0 aliphatic heterocycles. The van der Waals surface area contributed by atoms with Gasteiger partial charge in [0, 0.05) is 23.2 Å². The molecule has 1 aromatic carbocycles. The van der Waals surface area contributed by atoms with Crippen LogP contribution in [0.3, 0.4) is 0 Å². The second kappa shape index (κ2) is 8.12. The van der Waals surface area contributed by atoms with Crippen LogP contribution in [0.5, 0.6) is 5.75 Å². The molecular weight excluding hydrogens is 435 g/mol. The molecule has 0 spiro atoms. The Morgan fingerprint density at radius 1 is 1.12 bits per heavy atom. The first kappa shape index (κ1) is 19.7. The molecule has 0 bridgehead atoms. The van der Waals surface area contributed by atoms with Gasteiger partial charge in [0.25, 0.3) is 11.8 Å². The highest BCUT2D eigenvalue weighted by Crippen LogP contribution is 2.34. The minimum Gasteiger partial charge on any atom is -0.504 e. The molecule has 2 N–H and O–H groups in total. The number of fused-ring (bicyclic) bond motifs is 1. The SMILES string of the molecule is O=C(Nc1nccs1)c1nc(-c2nnc(Cc3ccc(F)cc3)o2)c(O)c2ncccc12. The minimum atomic E-state index is -0.523. The van der Waals surface area contributed by atoms with E-state index in [2.05, 4.69) is 30.5 Å². The van der Waals surface area contributed by atoms with E-state index >= 15 is 0 Å². The molecule has 4 aromatic heterocycles. The van der Waals surface area contributed by atoms with E-state index in [1.807, 2.05) is 0 Å². The van der Waals surface area contributed by atoms with Crippen molar-refractivity contribution in [3.05, 3.63) is 77.1 Å². The Labute approximate surface area is 183 Å². The third kappa shape index (κ3) is 3.76. The van der Waals surface area contributed by atoms with E-state index < -0.39 is 5.91 Å². The van der Waals surface area contributed by atoms with Gasteiger partial charge in [-0.05, 0) is 29.8 Å². The summed E-state index contributed by atoms with van der Waals surface area (Å²) in [6.45, 7) is 0. The van der Waals surface area contributed by atoms with Crippen LogP contribution in [0.25, 0.3) is 22.5 Å². The number of hydrogen-bond donors (Lipinski definition) is 2. The molecule has 32 heavy (non-hydrogen) atoms. The zero-order chi connectivity index (χ0) is 22.1. The molecule has 5 aromatic rings. The molecule has 0 aliphatic rings. The number of aromatic nitrogens is 5. The van der Waals surface area contributed by atoms with Crippen LogP contribution in [0.2, 0.25) is 0 Å². The van der Waals surface area contributed by atoms with Gasteiger partial charge in [-0.2, -0.15) is 0 Å². The second-order valence-electron chi connectivity index (χ2n) is 6.65. The number of pyridine rings is 2. The molecule has 0 saturated heterocycles. The average Bonchev–Trinajstić information content (AvgIpc) is 3.48. The van der Waals surface area contributed by atoms with Crippen molar-refractivity contribution in [3.8, 4) is 17.3 Å². The fourth-order valence-electron chi connectivity index (χ4n) is 3.08. The molecular formula is C21H13FN6O3S. The molecule has 0 radical (unpaired) electrons. The van der Waals surface area contributed by atoms with Crippen LogP contribution in [-0.2, 0) is 6.42 Å². The van der Waals surface area contributed by atoms with Gasteiger partial charge in [-0.1, -0.05) is 12.1 Å². The third-order valence-corrected chi connectivity index (χ3v) is 5.23. The van der Waals surface area contributed by atoms with Gasteiger partial charge in [0.05, 0.1) is 6.42 Å². The maximum Gasteiger partial charge on any atom is 0.276 e. The predicted octanol–water partition coefficient (Wildman–Crippen LogP) is 3.82. The average molecular weight is 448 g/mol. The molecule has 5 rings (SSSR count). The molecule has 1 amide bonds. The van der Waals surface area contributed by atoms with E-state index in [0.29, 0.717) is 10.5 Å². The molecule has 4 heterocycles. The number of aromatic hydroxyl groups is 1. The van der Waals surface area contributed by atoms with Crippen molar-refractivity contribution in [2.75, 3.05) is 5.32 Å². The molecule has 0 aliphatic carbocycles. The van der Waals surface area contributed by atoms with Crippen molar-refractivity contribution in [1.82, 2.24) is 25.1 Å². The lowest BCUT2D eigenvalue weighted by Gasteiger charge is -2.09. The molecule has 0 saturated carbocycles. The van der Waals surface area contributed by atoms with E-state index in [-0.39, 0.29) is 46.7 Å². The first-order valence-corrected chi connectivity index (χ1v) is 10.2. The number of carbonyl (C=O) groups is 1. The first-order chi connectivity index (χ1) is 15.6. The Kier molecular flexibility index (Phi) is 5.00. The van der Waals surface area contributed by atoms with Crippen molar-refractivity contribution >= 4 is 33.3 Å². The number of carbonyl (C=O) groups excluding carboxylic acids is 1. The predicted molar refractivity (Wildman–Crippen MR) is 114 cm³/mol. The summed E-state index contributed by atoms with van der Waals surface area (Å²) in [6.07, 6.45) is 3.32. The van der Waals surface area contributed by atoms with E-state index in [4.69, 9.17) is 4.42 Å². The van der Waals surface area contributed by atoms with Crippen LogP contribution in [0, 0.1) is 5.82 Å². The van der Waals surface area contributed by atoms with Crippen LogP contribution in [-0.4, -0.2) is 36.2 Å². The molecule has 0 atom stereocenters. The lowest BCUT2D eigenvalue weighted by atomic mass is 10.1. The largest absolute Gasteiger partial charge is 0.504 e. The number of thiazole rings is 1. The van der Waals surface area contributed by atoms with E-state index in [1.54, 1.807) is 35.8 Å². The lowest BCUT2D eigenvalue weighted by Crippen LogP contribution is -2.15. The van der Waals surface area contributed by atoms with Crippen molar-refractivity contribution < 1.29 is 18.7 Å². The highest BCUT2D eigenvalue weighted by Gasteiger charge is 2.24. The number of halogens is 1. The van der Waals surface area contributed by atoms with Crippen molar-refractivity contribution in [3.63, 3.8) is 0 Å². The van der Waals surface area contributed by atoms with Crippen molar-refractivity contribution in [1.29, 1.82) is 0 Å². The van der Waals surface area contributed by atoms with Crippen LogP contribution >= 0.6 is 11.3 Å². The summed E-state index contributed by atoms with van der Waals surface area (Å²) in [4.78, 5) is 25.4. The highest BCUT2D eigenvalue weighted by molar-refractivity contribution is 7.13. The van der Waals surface area contributed by atoms with Gasteiger partial charge in [0.2, 0.25) is 5.89 Å². The Balaban J connectivity index is 1.54. The van der Waals surface area contributed by atoms with Gasteiger partial charge in [-0.25, -0.2) is 14.4 Å². The summed E-state index contributed by atoms with van der Waals surface area (Å²) in [6, 6.07) is 9.15. The maximum atomic E-state index is 13.1. The first-order valence-electron chi connectivity index (χ1n) is 9.34. The Bertz CT molecular complexity index is 1420. The fraction of sp³-hybridized carbons (Fsp3) is 0.0476.